The molecule has 0 saturated heterocycles. The first-order valence-corrected chi connectivity index (χ1v) is 15.8. The molecule has 2 aliphatic rings. The van der Waals surface area contributed by atoms with Gasteiger partial charge in [0.1, 0.15) is 32.1 Å². The number of ether oxygens (including phenoxy) is 2. The monoisotopic (exact) mass is 734 g/mol. The second kappa shape index (κ2) is 9.73. The Bertz CT molecular complexity index is 2140. The lowest BCUT2D eigenvalue weighted by molar-refractivity contribution is 0.449. The van der Waals surface area contributed by atoms with Crippen molar-refractivity contribution in [2.75, 3.05) is 0 Å². The van der Waals surface area contributed by atoms with Gasteiger partial charge < -0.3 is 9.47 Å². The van der Waals surface area contributed by atoms with E-state index in [4.69, 9.17) is 42.7 Å². The summed E-state index contributed by atoms with van der Waals surface area (Å²) in [5, 5.41) is 0.923. The first-order valence-electron chi connectivity index (χ1n) is 13.4. The van der Waals surface area contributed by atoms with Crippen molar-refractivity contribution >= 4 is 88.5 Å². The first-order chi connectivity index (χ1) is 20.2. The summed E-state index contributed by atoms with van der Waals surface area (Å²) in [4.78, 5) is 35.8. The number of fused-ring (bicyclic) bond motifs is 6. The molecule has 3 aromatic carbocycles. The smallest absolute Gasteiger partial charge is 0.329 e. The summed E-state index contributed by atoms with van der Waals surface area (Å²) in [7, 11) is 0. The molecule has 0 radical (unpaired) electrons. The average Bonchev–Trinajstić information content (AvgIpc) is 3.42. The maximum atomic E-state index is 13.1. The van der Waals surface area contributed by atoms with Crippen LogP contribution in [-0.2, 0) is 26.2 Å². The van der Waals surface area contributed by atoms with Crippen LogP contribution in [0.2, 0.25) is 10.0 Å². The Labute approximate surface area is 264 Å². The molecular weight excluding hydrogens is 715 g/mol. The van der Waals surface area contributed by atoms with Crippen LogP contribution in [0.4, 0.5) is 11.4 Å². The Morgan fingerprint density at radius 2 is 1.00 bits per heavy atom. The highest BCUT2D eigenvalue weighted by Crippen LogP contribution is 2.49. The molecule has 5 aromatic rings. The summed E-state index contributed by atoms with van der Waals surface area (Å²) in [6.45, 7) is 9.63. The molecular formula is C28H22Br2Cl2N6O4. The minimum Gasteiger partial charge on any atom is -0.450 e. The van der Waals surface area contributed by atoms with E-state index in [1.807, 2.05) is 39.8 Å². The fourth-order valence-corrected chi connectivity index (χ4v) is 7.73. The van der Waals surface area contributed by atoms with E-state index in [1.165, 1.54) is 0 Å². The van der Waals surface area contributed by atoms with Gasteiger partial charge in [-0.2, -0.15) is 0 Å². The number of aryl methyl sites for hydroxylation is 4. The molecule has 0 unspecified atom stereocenters. The molecule has 7 rings (SSSR count). The number of hydrogen-bond donors (Lipinski definition) is 0. The van der Waals surface area contributed by atoms with Crippen LogP contribution in [-0.4, -0.2) is 18.3 Å². The lowest BCUT2D eigenvalue weighted by atomic mass is 10.2. The van der Waals surface area contributed by atoms with Gasteiger partial charge in [-0.15, -0.1) is 0 Å². The molecule has 216 valence electrons. The van der Waals surface area contributed by atoms with Gasteiger partial charge in [0.05, 0.1) is 31.0 Å². The second-order valence-corrected chi connectivity index (χ2v) is 12.1. The molecule has 0 fully saturated rings. The van der Waals surface area contributed by atoms with E-state index in [1.54, 1.807) is 18.3 Å². The molecule has 10 nitrogen and oxygen atoms in total. The highest BCUT2D eigenvalue weighted by Gasteiger charge is 2.31. The third kappa shape index (κ3) is 3.49. The number of benzene rings is 3. The minimum absolute atomic E-state index is 0.116. The number of nitrogens with zero attached hydrogens (tertiary/aromatic N) is 6. The lowest BCUT2D eigenvalue weighted by Gasteiger charge is -2.22. The Morgan fingerprint density at radius 1 is 0.643 bits per heavy atom. The van der Waals surface area contributed by atoms with Gasteiger partial charge in [0, 0.05) is 26.2 Å². The number of aromatic nitrogens is 4. The van der Waals surface area contributed by atoms with Gasteiger partial charge in [0.15, 0.2) is 23.0 Å². The number of rotatable bonds is 4. The first kappa shape index (κ1) is 27.8. The number of hydrogen-bond acceptors (Lipinski definition) is 6. The van der Waals surface area contributed by atoms with Crippen LogP contribution in [0.15, 0.2) is 40.7 Å². The van der Waals surface area contributed by atoms with E-state index in [0.717, 1.165) is 11.0 Å². The van der Waals surface area contributed by atoms with E-state index in [-0.39, 0.29) is 43.6 Å². The third-order valence-electron chi connectivity index (χ3n) is 7.74. The van der Waals surface area contributed by atoms with Crippen molar-refractivity contribution in [1.29, 1.82) is 0 Å². The van der Waals surface area contributed by atoms with Crippen molar-refractivity contribution in [2.24, 2.45) is 9.98 Å². The molecule has 0 N–H and O–H groups in total. The van der Waals surface area contributed by atoms with Crippen molar-refractivity contribution in [3.05, 3.63) is 62.8 Å². The molecule has 0 bridgehead atoms. The summed E-state index contributed by atoms with van der Waals surface area (Å²) in [6, 6.07) is 3.63. The van der Waals surface area contributed by atoms with Gasteiger partial charge in [-0.3, -0.25) is 18.3 Å². The zero-order chi connectivity index (χ0) is 29.8. The zero-order valence-electron chi connectivity index (χ0n) is 22.8. The molecule has 0 aliphatic carbocycles. The average molecular weight is 737 g/mol. The van der Waals surface area contributed by atoms with E-state index < -0.39 is 0 Å². The standard InChI is InChI=1S/C28H22Br2Cl2N6O4/c1-5-35-13-9-11-23(15(29)21(13)37(7-3)27(35)39)41-25-18(32)20-26(17(31)19(25)33-11)42-24-12(34-20)10-14-22(16(24)30)38(8-4)28(40)36(14)6-2/h9-10H,5-8H2,1-4H3. The van der Waals surface area contributed by atoms with Crippen LogP contribution >= 0.6 is 55.1 Å². The zero-order valence-corrected chi connectivity index (χ0v) is 27.5. The van der Waals surface area contributed by atoms with Gasteiger partial charge in [0.2, 0.25) is 0 Å². The molecule has 42 heavy (non-hydrogen) atoms. The quantitative estimate of drug-likeness (QED) is 0.196. The highest BCUT2D eigenvalue weighted by atomic mass is 79.9. The van der Waals surface area contributed by atoms with E-state index in [2.05, 4.69) is 31.9 Å². The lowest BCUT2D eigenvalue weighted by Crippen LogP contribution is -2.23. The maximum Gasteiger partial charge on any atom is 0.329 e. The van der Waals surface area contributed by atoms with Crippen molar-refractivity contribution in [2.45, 2.75) is 53.9 Å². The third-order valence-corrected chi connectivity index (χ3v) is 9.91. The fourth-order valence-electron chi connectivity index (χ4n) is 5.82. The largest absolute Gasteiger partial charge is 0.450 e. The van der Waals surface area contributed by atoms with E-state index in [9.17, 15) is 9.59 Å². The van der Waals surface area contributed by atoms with Crippen molar-refractivity contribution < 1.29 is 9.47 Å². The maximum absolute atomic E-state index is 13.1. The predicted molar refractivity (Wildman–Crippen MR) is 169 cm³/mol. The molecule has 0 amide bonds. The van der Waals surface area contributed by atoms with Gasteiger partial charge in [0.25, 0.3) is 0 Å². The SMILES string of the molecule is CCn1c(=O)n(CC)c2c(Br)c3c(cc21)N=c1c(Cl)c2c(c(Cl)c1O3)=Nc1cc3c(c(Br)c1O2)n(CC)c(=O)n3CC. The van der Waals surface area contributed by atoms with Crippen LogP contribution in [0.5, 0.6) is 23.0 Å². The van der Waals surface area contributed by atoms with Crippen molar-refractivity contribution in [3.63, 3.8) is 0 Å². The summed E-state index contributed by atoms with van der Waals surface area (Å²) >= 11 is 21.2. The summed E-state index contributed by atoms with van der Waals surface area (Å²) in [5.74, 6) is 1.29. The summed E-state index contributed by atoms with van der Waals surface area (Å²) in [5.41, 5.74) is 3.60. The van der Waals surface area contributed by atoms with E-state index >= 15 is 0 Å². The Hall–Kier alpha value is -3.06. The number of imidazole rings is 2. The molecule has 2 aromatic heterocycles. The second-order valence-electron chi connectivity index (χ2n) is 9.77. The van der Waals surface area contributed by atoms with Crippen LogP contribution in [0.3, 0.4) is 0 Å². The topological polar surface area (TPSA) is 97.0 Å². The Kier molecular flexibility index (Phi) is 6.43. The van der Waals surface area contributed by atoms with Gasteiger partial charge in [-0.25, -0.2) is 19.6 Å². The van der Waals surface area contributed by atoms with Crippen molar-refractivity contribution in [3.8, 4) is 23.0 Å². The summed E-state index contributed by atoms with van der Waals surface area (Å²) < 4.78 is 20.7. The normalized spacial score (nSPS) is 13.1. The van der Waals surface area contributed by atoms with Gasteiger partial charge in [-0.05, 0) is 71.7 Å². The van der Waals surface area contributed by atoms with Crippen LogP contribution in [0.1, 0.15) is 27.7 Å². The Balaban J connectivity index is 1.51. The van der Waals surface area contributed by atoms with E-state index in [0.29, 0.717) is 69.0 Å². The molecule has 0 saturated carbocycles. The van der Waals surface area contributed by atoms with Crippen molar-refractivity contribution in [1.82, 2.24) is 18.3 Å². The minimum atomic E-state index is -0.116. The number of halogens is 4. The molecule has 0 atom stereocenters. The molecule has 14 heteroatoms. The van der Waals surface area contributed by atoms with Crippen LogP contribution in [0, 0.1) is 0 Å². The van der Waals surface area contributed by atoms with Gasteiger partial charge in [-0.1, -0.05) is 23.2 Å². The molecule has 4 heterocycles. The van der Waals surface area contributed by atoms with Crippen LogP contribution < -0.4 is 31.6 Å². The summed E-state index contributed by atoms with van der Waals surface area (Å²) in [6.07, 6.45) is 0. The Morgan fingerprint density at radius 3 is 1.33 bits per heavy atom. The fraction of sp³-hybridized carbons (Fsp3) is 0.286. The van der Waals surface area contributed by atoms with Gasteiger partial charge >= 0.3 is 11.4 Å². The van der Waals surface area contributed by atoms with Crippen LogP contribution in [0.25, 0.3) is 22.1 Å². The predicted octanol–water partition coefficient (Wildman–Crippen LogP) is 6.94. The highest BCUT2D eigenvalue weighted by molar-refractivity contribution is 9.11. The molecule has 0 spiro atoms. The molecule has 2 aliphatic heterocycles.